The number of pyridine rings is 1. The first-order chi connectivity index (χ1) is 22.1. The van der Waals surface area contributed by atoms with Crippen molar-refractivity contribution in [3.63, 3.8) is 0 Å². The fraction of sp³-hybridized carbons (Fsp3) is 0.184. The Morgan fingerprint density at radius 2 is 1.17 bits per heavy atom. The van der Waals surface area contributed by atoms with Crippen LogP contribution in [0.5, 0.6) is 0 Å². The van der Waals surface area contributed by atoms with Crippen molar-refractivity contribution < 1.29 is 19.5 Å². The van der Waals surface area contributed by atoms with Crippen LogP contribution in [-0.2, 0) is 4.79 Å². The highest BCUT2D eigenvalue weighted by Gasteiger charge is 2.36. The largest absolute Gasteiger partial charge is 0.548 e. The van der Waals surface area contributed by atoms with E-state index < -0.39 is 24.3 Å². The lowest BCUT2D eigenvalue weighted by atomic mass is 9.78. The molecule has 9 rings (SSSR count). The number of aromatic nitrogens is 2. The average molecular weight is 607 g/mol. The number of carboxylic acid groups (broad SMARTS) is 1. The molecular weight excluding hydrogens is 578 g/mol. The first-order valence-corrected chi connectivity index (χ1v) is 15.4. The Bertz CT molecular complexity index is 2700. The minimum absolute atomic E-state index is 0.126. The summed E-state index contributed by atoms with van der Waals surface area (Å²) in [6.07, 6.45) is 0. The number of rotatable bonds is 2. The molecule has 1 aliphatic rings. The van der Waals surface area contributed by atoms with E-state index in [1.54, 1.807) is 16.5 Å². The SMILES string of the molecule is CC.Cc1cc2c3c(cc(C)c4c5c(C)cc6c7c(cc(C)c(c1c34)c57)c(=O)n1c3ccccc3nc61)C(=O)N(CC(=O)[O-])C2=O. The van der Waals surface area contributed by atoms with Crippen molar-refractivity contribution in [3.8, 4) is 0 Å². The lowest BCUT2D eigenvalue weighted by molar-refractivity contribution is -0.305. The summed E-state index contributed by atoms with van der Waals surface area (Å²) >= 11 is 0. The normalized spacial score (nSPS) is 13.4. The molecule has 0 saturated heterocycles. The van der Waals surface area contributed by atoms with Gasteiger partial charge >= 0.3 is 0 Å². The molecule has 226 valence electrons. The van der Waals surface area contributed by atoms with Gasteiger partial charge < -0.3 is 9.90 Å². The van der Waals surface area contributed by atoms with Gasteiger partial charge in [0.15, 0.2) is 0 Å². The number of aliphatic carboxylic acids is 1. The zero-order valence-corrected chi connectivity index (χ0v) is 26.2. The van der Waals surface area contributed by atoms with Crippen molar-refractivity contribution in [2.45, 2.75) is 41.5 Å². The molecule has 1 aliphatic heterocycles. The van der Waals surface area contributed by atoms with E-state index in [2.05, 4.69) is 6.07 Å². The highest BCUT2D eigenvalue weighted by atomic mass is 16.4. The van der Waals surface area contributed by atoms with Gasteiger partial charge in [0.05, 0.1) is 23.5 Å². The maximum Gasteiger partial charge on any atom is 0.264 e. The van der Waals surface area contributed by atoms with Crippen LogP contribution in [-0.4, -0.2) is 38.6 Å². The van der Waals surface area contributed by atoms with Crippen molar-refractivity contribution in [2.24, 2.45) is 0 Å². The third-order valence-corrected chi connectivity index (χ3v) is 9.57. The molecule has 8 heteroatoms. The van der Waals surface area contributed by atoms with E-state index in [1.807, 2.05) is 71.9 Å². The highest BCUT2D eigenvalue weighted by molar-refractivity contribution is 6.43. The maximum atomic E-state index is 14.2. The van der Waals surface area contributed by atoms with Gasteiger partial charge in [0.25, 0.3) is 17.4 Å². The number of carbonyl (C=O) groups excluding carboxylic acids is 3. The van der Waals surface area contributed by atoms with Gasteiger partial charge in [-0.2, -0.15) is 0 Å². The molecule has 0 N–H and O–H groups in total. The van der Waals surface area contributed by atoms with Gasteiger partial charge in [-0.25, -0.2) is 4.98 Å². The number of benzene rings is 6. The van der Waals surface area contributed by atoms with Gasteiger partial charge in [0.1, 0.15) is 5.65 Å². The molecule has 0 fully saturated rings. The topological polar surface area (TPSA) is 112 Å². The number of para-hydroxylation sites is 2. The summed E-state index contributed by atoms with van der Waals surface area (Å²) in [4.78, 5) is 58.6. The minimum Gasteiger partial charge on any atom is -0.548 e. The predicted molar refractivity (Wildman–Crippen MR) is 180 cm³/mol. The van der Waals surface area contributed by atoms with Gasteiger partial charge in [-0.1, -0.05) is 26.0 Å². The van der Waals surface area contributed by atoms with Crippen molar-refractivity contribution in [1.82, 2.24) is 14.3 Å². The Morgan fingerprint density at radius 3 is 1.74 bits per heavy atom. The van der Waals surface area contributed by atoms with Crippen LogP contribution >= 0.6 is 0 Å². The Morgan fingerprint density at radius 1 is 0.674 bits per heavy atom. The predicted octanol–water partition coefficient (Wildman–Crippen LogP) is 6.10. The summed E-state index contributed by atoms with van der Waals surface area (Å²) in [6, 6.07) is 15.2. The van der Waals surface area contributed by atoms with Gasteiger partial charge in [-0.05, 0) is 119 Å². The molecule has 2 aromatic heterocycles. The number of aryl methyl sites for hydroxylation is 4. The van der Waals surface area contributed by atoms with Crippen LogP contribution in [0.3, 0.4) is 0 Å². The Balaban J connectivity index is 0.00000153. The molecule has 2 amide bonds. The Labute approximate surface area is 262 Å². The van der Waals surface area contributed by atoms with E-state index in [-0.39, 0.29) is 5.56 Å². The molecule has 0 aliphatic carbocycles. The number of amides is 2. The highest BCUT2D eigenvalue weighted by Crippen LogP contribution is 2.50. The summed E-state index contributed by atoms with van der Waals surface area (Å²) in [5.74, 6) is -2.80. The van der Waals surface area contributed by atoms with E-state index in [0.717, 1.165) is 81.3 Å². The second-order valence-corrected chi connectivity index (χ2v) is 12.1. The summed E-state index contributed by atoms with van der Waals surface area (Å²) in [5.41, 5.74) is 6.13. The second-order valence-electron chi connectivity index (χ2n) is 12.1. The number of nitrogens with zero attached hydrogens (tertiary/aromatic N) is 3. The lowest BCUT2D eigenvalue weighted by Gasteiger charge is -2.30. The van der Waals surface area contributed by atoms with Gasteiger partial charge in [0, 0.05) is 32.7 Å². The van der Waals surface area contributed by atoms with Crippen molar-refractivity contribution >= 4 is 88.3 Å². The molecule has 0 radical (unpaired) electrons. The molecule has 3 heterocycles. The fourth-order valence-electron chi connectivity index (χ4n) is 7.97. The van der Waals surface area contributed by atoms with E-state index in [4.69, 9.17) is 4.98 Å². The van der Waals surface area contributed by atoms with Crippen LogP contribution in [0.1, 0.15) is 56.8 Å². The number of carboxylic acids is 1. The van der Waals surface area contributed by atoms with Crippen LogP contribution in [0, 0.1) is 27.7 Å². The van der Waals surface area contributed by atoms with E-state index >= 15 is 0 Å². The molecule has 6 aromatic carbocycles. The van der Waals surface area contributed by atoms with Crippen molar-refractivity contribution in [3.05, 3.63) is 92.3 Å². The van der Waals surface area contributed by atoms with Gasteiger partial charge in [-0.15, -0.1) is 0 Å². The third-order valence-electron chi connectivity index (χ3n) is 9.57. The fourth-order valence-corrected chi connectivity index (χ4v) is 7.97. The van der Waals surface area contributed by atoms with E-state index in [1.165, 1.54) is 0 Å². The molecule has 0 saturated carbocycles. The molecule has 8 aromatic rings. The van der Waals surface area contributed by atoms with Crippen molar-refractivity contribution in [2.75, 3.05) is 6.54 Å². The zero-order chi connectivity index (χ0) is 32.5. The number of carbonyl (C=O) groups is 3. The number of hydrogen-bond acceptors (Lipinski definition) is 6. The van der Waals surface area contributed by atoms with Crippen LogP contribution in [0.25, 0.3) is 70.5 Å². The smallest absolute Gasteiger partial charge is 0.264 e. The zero-order valence-electron chi connectivity index (χ0n) is 26.2. The molecule has 0 unspecified atom stereocenters. The van der Waals surface area contributed by atoms with Crippen LogP contribution < -0.4 is 10.7 Å². The third kappa shape index (κ3) is 3.20. The standard InChI is InChI=1S/C36H23N3O5.C2H6/c1-14-9-18-29-21(36(44)39-23-8-6-5-7-22(23)37-33(18)39)12-17(4)26-28-16(3)11-20-30-19(34(42)38(35(20)43)13-24(40)41)10-15(2)27(32(28)30)25(14)31(26)29;1-2/h5-12H,13H2,1-4H3,(H,40,41);1-2H3/p-1. The lowest BCUT2D eigenvalue weighted by Crippen LogP contribution is -2.47. The first kappa shape index (κ1) is 27.9. The van der Waals surface area contributed by atoms with E-state index in [0.29, 0.717) is 27.5 Å². The molecular formula is C38H28N3O5-. The van der Waals surface area contributed by atoms with Crippen LogP contribution in [0.2, 0.25) is 0 Å². The second kappa shape index (κ2) is 9.20. The minimum atomic E-state index is -1.50. The molecule has 0 bridgehead atoms. The average Bonchev–Trinajstić information content (AvgIpc) is 3.43. The first-order valence-electron chi connectivity index (χ1n) is 15.4. The van der Waals surface area contributed by atoms with Gasteiger partial charge in [-0.3, -0.25) is 23.7 Å². The monoisotopic (exact) mass is 606 g/mol. The Hall–Kier alpha value is -5.63. The number of hydrogen-bond donors (Lipinski definition) is 0. The van der Waals surface area contributed by atoms with Crippen LogP contribution in [0.4, 0.5) is 0 Å². The summed E-state index contributed by atoms with van der Waals surface area (Å²) in [5, 5.41) is 19.9. The van der Waals surface area contributed by atoms with Gasteiger partial charge in [0.2, 0.25) is 0 Å². The maximum absolute atomic E-state index is 14.2. The van der Waals surface area contributed by atoms with Crippen molar-refractivity contribution in [1.29, 1.82) is 0 Å². The summed E-state index contributed by atoms with van der Waals surface area (Å²) < 4.78 is 1.71. The molecule has 46 heavy (non-hydrogen) atoms. The van der Waals surface area contributed by atoms with E-state index in [9.17, 15) is 24.3 Å². The van der Waals surface area contributed by atoms with Crippen LogP contribution in [0.15, 0.2) is 53.3 Å². The number of fused-ring (bicyclic) bond motifs is 6. The summed E-state index contributed by atoms with van der Waals surface area (Å²) in [6.45, 7) is 11.1. The quantitative estimate of drug-likeness (QED) is 0.134. The summed E-state index contributed by atoms with van der Waals surface area (Å²) in [7, 11) is 0. The number of imidazole rings is 1. The molecule has 0 spiro atoms. The molecule has 8 nitrogen and oxygen atoms in total. The molecule has 0 atom stereocenters. The Kier molecular flexibility index (Phi) is 5.58. The number of imide groups is 1.